The first-order valence-corrected chi connectivity index (χ1v) is 9.69. The van der Waals surface area contributed by atoms with Gasteiger partial charge in [0.15, 0.2) is 0 Å². The number of hydrogen-bond acceptors (Lipinski definition) is 6. The second-order valence-corrected chi connectivity index (χ2v) is 8.30. The highest BCUT2D eigenvalue weighted by molar-refractivity contribution is 7.89. The van der Waals surface area contributed by atoms with Crippen LogP contribution in [0.2, 0.25) is 5.02 Å². The zero-order valence-corrected chi connectivity index (χ0v) is 15.9. The molecule has 1 N–H and O–H groups in total. The molecule has 0 aliphatic heterocycles. The molecule has 0 spiro atoms. The van der Waals surface area contributed by atoms with Crippen molar-refractivity contribution in [3.05, 3.63) is 45.6 Å². The van der Waals surface area contributed by atoms with E-state index in [1.54, 1.807) is 0 Å². The summed E-state index contributed by atoms with van der Waals surface area (Å²) < 4.78 is 30.9. The Balaban J connectivity index is 2.01. The maximum absolute atomic E-state index is 12.5. The number of carbonyl (C=O) groups excluding carboxylic acids is 1. The molecule has 0 unspecified atom stereocenters. The average Bonchev–Trinajstić information content (AvgIpc) is 3.08. The fraction of sp³-hybridized carbons (Fsp3) is 0.200. The van der Waals surface area contributed by atoms with Crippen molar-refractivity contribution in [1.29, 1.82) is 0 Å². The summed E-state index contributed by atoms with van der Waals surface area (Å²) in [5, 5.41) is 5.83. The zero-order valence-electron chi connectivity index (χ0n) is 13.5. The number of thiophene rings is 1. The minimum absolute atomic E-state index is 0.0318. The quantitative estimate of drug-likeness (QED) is 0.569. The molecule has 0 aliphatic rings. The molecule has 1 aromatic heterocycles. The van der Waals surface area contributed by atoms with Gasteiger partial charge in [0.05, 0.1) is 29.8 Å². The predicted molar refractivity (Wildman–Crippen MR) is 97.9 cm³/mol. The second kappa shape index (κ2) is 8.43. The zero-order chi connectivity index (χ0) is 18.4. The number of carbonyl (C=O) groups is 1. The average molecular weight is 402 g/mol. The molecule has 2 rings (SSSR count). The highest BCUT2D eigenvalue weighted by Gasteiger charge is 2.23. The van der Waals surface area contributed by atoms with E-state index >= 15 is 0 Å². The van der Waals surface area contributed by atoms with Crippen molar-refractivity contribution < 1.29 is 17.9 Å². The molecule has 0 fully saturated rings. The van der Waals surface area contributed by atoms with Crippen LogP contribution in [0.4, 0.5) is 0 Å². The first-order chi connectivity index (χ1) is 11.8. The van der Waals surface area contributed by atoms with Crippen LogP contribution in [0.5, 0.6) is 5.75 Å². The third-order valence-electron chi connectivity index (χ3n) is 3.12. The summed E-state index contributed by atoms with van der Waals surface area (Å²) in [5.41, 5.74) is 2.29. The van der Waals surface area contributed by atoms with Crippen molar-refractivity contribution in [2.75, 3.05) is 20.7 Å². The van der Waals surface area contributed by atoms with Crippen LogP contribution in [-0.4, -0.2) is 45.5 Å². The highest BCUT2D eigenvalue weighted by atomic mass is 35.5. The number of likely N-dealkylation sites (N-methyl/N-ethyl adjacent to an activating group) is 1. The van der Waals surface area contributed by atoms with Gasteiger partial charge in [-0.25, -0.2) is 13.8 Å². The summed E-state index contributed by atoms with van der Waals surface area (Å²) in [4.78, 5) is 12.7. The lowest BCUT2D eigenvalue weighted by molar-refractivity contribution is -0.121. The van der Waals surface area contributed by atoms with Gasteiger partial charge in [-0.15, -0.1) is 11.3 Å². The second-order valence-electron chi connectivity index (χ2n) is 4.87. The maximum atomic E-state index is 12.5. The molecule has 0 saturated carbocycles. The SMILES string of the molecule is COc1ccc(S(=O)(=O)N(C)CC(=O)NN=Cc2cccs2)cc1Cl. The summed E-state index contributed by atoms with van der Waals surface area (Å²) in [7, 11) is -1.13. The first-order valence-electron chi connectivity index (χ1n) is 7.00. The Bertz CT molecular complexity index is 867. The summed E-state index contributed by atoms with van der Waals surface area (Å²) in [5.74, 6) is -0.192. The summed E-state index contributed by atoms with van der Waals surface area (Å²) in [6, 6.07) is 7.79. The van der Waals surface area contributed by atoms with Gasteiger partial charge in [-0.2, -0.15) is 9.41 Å². The van der Waals surface area contributed by atoms with Crippen LogP contribution in [0.1, 0.15) is 4.88 Å². The van der Waals surface area contributed by atoms with Gasteiger partial charge in [-0.05, 0) is 29.6 Å². The molecular formula is C15H16ClN3O4S2. The van der Waals surface area contributed by atoms with Gasteiger partial charge in [-0.3, -0.25) is 4.79 Å². The van der Waals surface area contributed by atoms with E-state index in [1.807, 2.05) is 17.5 Å². The van der Waals surface area contributed by atoms with Gasteiger partial charge in [0, 0.05) is 11.9 Å². The number of benzene rings is 1. The van der Waals surface area contributed by atoms with E-state index in [2.05, 4.69) is 10.5 Å². The maximum Gasteiger partial charge on any atom is 0.255 e. The normalized spacial score (nSPS) is 11.8. The monoisotopic (exact) mass is 401 g/mol. The minimum atomic E-state index is -3.87. The third kappa shape index (κ3) is 5.02. The van der Waals surface area contributed by atoms with Gasteiger partial charge in [0.25, 0.3) is 5.91 Å². The van der Waals surface area contributed by atoms with Crippen LogP contribution in [0.3, 0.4) is 0 Å². The molecule has 2 aromatic rings. The molecule has 0 atom stereocenters. The van der Waals surface area contributed by atoms with Gasteiger partial charge >= 0.3 is 0 Å². The van der Waals surface area contributed by atoms with E-state index in [1.165, 1.54) is 49.9 Å². The molecule has 0 bridgehead atoms. The van der Waals surface area contributed by atoms with Crippen molar-refractivity contribution in [2.45, 2.75) is 4.90 Å². The van der Waals surface area contributed by atoms with Crippen LogP contribution in [0.15, 0.2) is 45.7 Å². The number of nitrogens with zero attached hydrogens (tertiary/aromatic N) is 2. The van der Waals surface area contributed by atoms with Crippen molar-refractivity contribution in [1.82, 2.24) is 9.73 Å². The molecule has 1 heterocycles. The number of rotatable bonds is 7. The molecule has 0 aliphatic carbocycles. The van der Waals surface area contributed by atoms with E-state index in [4.69, 9.17) is 16.3 Å². The number of methoxy groups -OCH3 is 1. The van der Waals surface area contributed by atoms with Crippen molar-refractivity contribution in [3.63, 3.8) is 0 Å². The number of hydrogen-bond donors (Lipinski definition) is 1. The molecule has 0 radical (unpaired) electrons. The molecule has 1 aromatic carbocycles. The fourth-order valence-electron chi connectivity index (χ4n) is 1.84. The Morgan fingerprint density at radius 2 is 2.20 bits per heavy atom. The Hall–Kier alpha value is -1.94. The lowest BCUT2D eigenvalue weighted by Gasteiger charge is -2.16. The number of halogens is 1. The van der Waals surface area contributed by atoms with Crippen molar-refractivity contribution in [3.8, 4) is 5.75 Å². The predicted octanol–water partition coefficient (Wildman–Crippen LogP) is 2.18. The molecule has 7 nitrogen and oxygen atoms in total. The molecule has 25 heavy (non-hydrogen) atoms. The molecule has 134 valence electrons. The third-order valence-corrected chi connectivity index (χ3v) is 6.02. The van der Waals surface area contributed by atoms with Crippen molar-refractivity contribution >= 4 is 45.1 Å². The van der Waals surface area contributed by atoms with Gasteiger partial charge < -0.3 is 4.74 Å². The Labute approximate surface area is 154 Å². The number of amides is 1. The van der Waals surface area contributed by atoms with Gasteiger partial charge in [0.1, 0.15) is 5.75 Å². The largest absolute Gasteiger partial charge is 0.495 e. The smallest absolute Gasteiger partial charge is 0.255 e. The molecular weight excluding hydrogens is 386 g/mol. The fourth-order valence-corrected chi connectivity index (χ4v) is 3.90. The number of nitrogens with one attached hydrogen (secondary N) is 1. The van der Waals surface area contributed by atoms with Crippen LogP contribution >= 0.6 is 22.9 Å². The van der Waals surface area contributed by atoms with Crippen LogP contribution in [0, 0.1) is 0 Å². The summed E-state index contributed by atoms with van der Waals surface area (Å²) in [6.07, 6.45) is 1.49. The number of ether oxygens (including phenoxy) is 1. The summed E-state index contributed by atoms with van der Waals surface area (Å²) >= 11 is 7.42. The molecule has 0 saturated heterocycles. The topological polar surface area (TPSA) is 88.1 Å². The van der Waals surface area contributed by atoms with E-state index in [-0.39, 0.29) is 16.5 Å². The van der Waals surface area contributed by atoms with E-state index in [0.29, 0.717) is 5.75 Å². The highest BCUT2D eigenvalue weighted by Crippen LogP contribution is 2.27. The molecule has 1 amide bonds. The Morgan fingerprint density at radius 1 is 1.44 bits per heavy atom. The number of hydrazone groups is 1. The van der Waals surface area contributed by atoms with Crippen LogP contribution in [0.25, 0.3) is 0 Å². The molecule has 10 heteroatoms. The standard InChI is InChI=1S/C15H16ClN3O4S2/c1-19(10-15(20)18-17-9-11-4-3-7-24-11)25(21,22)12-5-6-14(23-2)13(16)8-12/h3-9H,10H2,1-2H3,(H,18,20). The van der Waals surface area contributed by atoms with Crippen molar-refractivity contribution in [2.24, 2.45) is 5.10 Å². The first kappa shape index (κ1) is 19.4. The summed E-state index contributed by atoms with van der Waals surface area (Å²) in [6.45, 7) is -0.381. The van der Waals surface area contributed by atoms with E-state index < -0.39 is 15.9 Å². The van der Waals surface area contributed by atoms with Gasteiger partial charge in [-0.1, -0.05) is 17.7 Å². The van der Waals surface area contributed by atoms with E-state index in [9.17, 15) is 13.2 Å². The lowest BCUT2D eigenvalue weighted by Crippen LogP contribution is -2.36. The van der Waals surface area contributed by atoms with Crippen LogP contribution < -0.4 is 10.2 Å². The lowest BCUT2D eigenvalue weighted by atomic mass is 10.3. The minimum Gasteiger partial charge on any atom is -0.495 e. The Morgan fingerprint density at radius 3 is 2.80 bits per heavy atom. The van der Waals surface area contributed by atoms with Gasteiger partial charge in [0.2, 0.25) is 10.0 Å². The number of sulfonamides is 1. The van der Waals surface area contributed by atoms with E-state index in [0.717, 1.165) is 9.18 Å². The van der Waals surface area contributed by atoms with Crippen LogP contribution in [-0.2, 0) is 14.8 Å². The Kier molecular flexibility index (Phi) is 6.54.